The van der Waals surface area contributed by atoms with Crippen LogP contribution in [0.5, 0.6) is 0 Å². The second kappa shape index (κ2) is 8.54. The molecule has 0 saturated carbocycles. The smallest absolute Gasteiger partial charge is 0.333 e. The molecule has 2 heterocycles. The largest absolute Gasteiger partial charge is 0.466 e. The topological polar surface area (TPSA) is 32.8 Å². The Balaban J connectivity index is 1.70. The number of hydrogen-bond acceptors (Lipinski definition) is 4. The summed E-state index contributed by atoms with van der Waals surface area (Å²) in [7, 11) is 1.45. The molecule has 2 fully saturated rings. The molecule has 4 nitrogen and oxygen atoms in total. The van der Waals surface area contributed by atoms with E-state index >= 15 is 0 Å². The van der Waals surface area contributed by atoms with Gasteiger partial charge in [0.25, 0.3) is 0 Å². The Bertz CT molecular complexity index is 354. The molecular weight excluding hydrogens is 264 g/mol. The summed E-state index contributed by atoms with van der Waals surface area (Å²) in [5.41, 5.74) is 0.802. The van der Waals surface area contributed by atoms with Gasteiger partial charge in [0, 0.05) is 18.7 Å². The van der Waals surface area contributed by atoms with Crippen LogP contribution < -0.4 is 0 Å². The lowest BCUT2D eigenvalue weighted by molar-refractivity contribution is -0.136. The van der Waals surface area contributed by atoms with Gasteiger partial charge in [-0.15, -0.1) is 0 Å². The summed E-state index contributed by atoms with van der Waals surface area (Å²) in [6.45, 7) is 9.12. The Morgan fingerprint density at radius 2 is 1.81 bits per heavy atom. The van der Waals surface area contributed by atoms with E-state index in [0.717, 1.165) is 37.5 Å². The van der Waals surface area contributed by atoms with Crippen molar-refractivity contribution in [1.82, 2.24) is 9.80 Å². The SMILES string of the molecule is CCC(=CCN1CCC(CN2CCCC2)CC1)C(=O)OC. The molecule has 21 heavy (non-hydrogen) atoms. The maximum atomic E-state index is 11.5. The summed E-state index contributed by atoms with van der Waals surface area (Å²) in [5.74, 6) is 0.691. The minimum absolute atomic E-state index is 0.179. The van der Waals surface area contributed by atoms with E-state index in [2.05, 4.69) is 9.80 Å². The second-order valence-electron chi connectivity index (χ2n) is 6.33. The van der Waals surface area contributed by atoms with Crippen LogP contribution in [0.1, 0.15) is 39.0 Å². The first-order valence-corrected chi connectivity index (χ1v) is 8.45. The highest BCUT2D eigenvalue weighted by molar-refractivity contribution is 5.88. The summed E-state index contributed by atoms with van der Waals surface area (Å²) < 4.78 is 4.80. The first kappa shape index (κ1) is 16.5. The highest BCUT2D eigenvalue weighted by Gasteiger charge is 2.22. The molecule has 0 unspecified atom stereocenters. The molecule has 0 aromatic carbocycles. The van der Waals surface area contributed by atoms with Gasteiger partial charge >= 0.3 is 5.97 Å². The lowest BCUT2D eigenvalue weighted by Crippen LogP contribution is -2.38. The highest BCUT2D eigenvalue weighted by atomic mass is 16.5. The summed E-state index contributed by atoms with van der Waals surface area (Å²) in [6.07, 6.45) is 8.16. The van der Waals surface area contributed by atoms with Gasteiger partial charge in [-0.2, -0.15) is 0 Å². The molecule has 0 aromatic heterocycles. The number of methoxy groups -OCH3 is 1. The molecule has 2 rings (SSSR count). The van der Waals surface area contributed by atoms with Crippen molar-refractivity contribution in [1.29, 1.82) is 0 Å². The summed E-state index contributed by atoms with van der Waals surface area (Å²) in [6, 6.07) is 0. The molecule has 0 bridgehead atoms. The number of esters is 1. The average Bonchev–Trinajstić information content (AvgIpc) is 3.02. The molecule has 0 aliphatic carbocycles. The normalized spacial score (nSPS) is 22.7. The number of piperidine rings is 1. The molecule has 0 spiro atoms. The number of hydrogen-bond donors (Lipinski definition) is 0. The fraction of sp³-hybridized carbons (Fsp3) is 0.824. The summed E-state index contributed by atoms with van der Waals surface area (Å²) >= 11 is 0. The summed E-state index contributed by atoms with van der Waals surface area (Å²) in [5, 5.41) is 0. The number of carbonyl (C=O) groups is 1. The molecular formula is C17H30N2O2. The summed E-state index contributed by atoms with van der Waals surface area (Å²) in [4.78, 5) is 16.6. The van der Waals surface area contributed by atoms with Crippen LogP contribution in [0.4, 0.5) is 0 Å². The molecule has 2 aliphatic rings. The van der Waals surface area contributed by atoms with E-state index in [-0.39, 0.29) is 5.97 Å². The Hall–Kier alpha value is -0.870. The van der Waals surface area contributed by atoms with Gasteiger partial charge in [-0.25, -0.2) is 4.79 Å². The molecule has 0 aromatic rings. The lowest BCUT2D eigenvalue weighted by atomic mass is 9.96. The van der Waals surface area contributed by atoms with Crippen LogP contribution in [0.3, 0.4) is 0 Å². The maximum Gasteiger partial charge on any atom is 0.333 e. The Morgan fingerprint density at radius 3 is 2.38 bits per heavy atom. The zero-order chi connectivity index (χ0) is 15.1. The third-order valence-electron chi connectivity index (χ3n) is 4.85. The number of ether oxygens (including phenoxy) is 1. The van der Waals surface area contributed by atoms with Crippen LogP contribution in [0, 0.1) is 5.92 Å². The van der Waals surface area contributed by atoms with Crippen molar-refractivity contribution in [2.75, 3.05) is 46.4 Å². The first-order valence-electron chi connectivity index (χ1n) is 8.45. The van der Waals surface area contributed by atoms with Crippen LogP contribution >= 0.6 is 0 Å². The van der Waals surface area contributed by atoms with Crippen LogP contribution in [0.15, 0.2) is 11.6 Å². The molecule has 120 valence electrons. The van der Waals surface area contributed by atoms with Crippen LogP contribution in [0.25, 0.3) is 0 Å². The quantitative estimate of drug-likeness (QED) is 0.556. The fourth-order valence-electron chi connectivity index (χ4n) is 3.42. The van der Waals surface area contributed by atoms with E-state index in [9.17, 15) is 4.79 Å². The van der Waals surface area contributed by atoms with Crippen molar-refractivity contribution >= 4 is 5.97 Å². The van der Waals surface area contributed by atoms with E-state index in [0.29, 0.717) is 0 Å². The van der Waals surface area contributed by atoms with E-state index in [4.69, 9.17) is 4.74 Å². The zero-order valence-electron chi connectivity index (χ0n) is 13.6. The van der Waals surface area contributed by atoms with Crippen molar-refractivity contribution in [3.63, 3.8) is 0 Å². The van der Waals surface area contributed by atoms with E-state index < -0.39 is 0 Å². The Labute approximate surface area is 129 Å². The predicted octanol–water partition coefficient (Wildman–Crippen LogP) is 2.30. The molecule has 0 N–H and O–H groups in total. The highest BCUT2D eigenvalue weighted by Crippen LogP contribution is 2.20. The number of rotatable bonds is 6. The molecule has 2 aliphatic heterocycles. The van der Waals surface area contributed by atoms with Crippen LogP contribution in [0.2, 0.25) is 0 Å². The van der Waals surface area contributed by atoms with Crippen LogP contribution in [-0.4, -0.2) is 62.1 Å². The van der Waals surface area contributed by atoms with Crippen LogP contribution in [-0.2, 0) is 9.53 Å². The fourth-order valence-corrected chi connectivity index (χ4v) is 3.42. The molecule has 2 saturated heterocycles. The van der Waals surface area contributed by atoms with Gasteiger partial charge in [-0.1, -0.05) is 13.0 Å². The molecule has 4 heteroatoms. The van der Waals surface area contributed by atoms with Gasteiger partial charge in [0.15, 0.2) is 0 Å². The van der Waals surface area contributed by atoms with Crippen molar-refractivity contribution in [3.8, 4) is 0 Å². The van der Waals surface area contributed by atoms with Gasteiger partial charge in [-0.3, -0.25) is 4.90 Å². The lowest BCUT2D eigenvalue weighted by Gasteiger charge is -2.33. The van der Waals surface area contributed by atoms with E-state index in [1.807, 2.05) is 13.0 Å². The number of carbonyl (C=O) groups excluding carboxylic acids is 1. The van der Waals surface area contributed by atoms with E-state index in [1.54, 1.807) is 0 Å². The van der Waals surface area contributed by atoms with Gasteiger partial charge < -0.3 is 9.64 Å². The van der Waals surface area contributed by atoms with Gasteiger partial charge in [0.1, 0.15) is 0 Å². The minimum Gasteiger partial charge on any atom is -0.466 e. The van der Waals surface area contributed by atoms with Crippen molar-refractivity contribution in [3.05, 3.63) is 11.6 Å². The zero-order valence-corrected chi connectivity index (χ0v) is 13.6. The van der Waals surface area contributed by atoms with Gasteiger partial charge in [-0.05, 0) is 64.2 Å². The number of nitrogens with zero attached hydrogens (tertiary/aromatic N) is 2. The van der Waals surface area contributed by atoms with E-state index in [1.165, 1.54) is 52.4 Å². The first-order chi connectivity index (χ1) is 10.2. The monoisotopic (exact) mass is 294 g/mol. The van der Waals surface area contributed by atoms with Crippen molar-refractivity contribution in [2.24, 2.45) is 5.92 Å². The third kappa shape index (κ3) is 5.11. The Kier molecular flexibility index (Phi) is 6.71. The molecule has 0 radical (unpaired) electrons. The van der Waals surface area contributed by atoms with Gasteiger partial charge in [0.2, 0.25) is 0 Å². The average molecular weight is 294 g/mol. The third-order valence-corrected chi connectivity index (χ3v) is 4.85. The standard InChI is InChI=1S/C17H30N2O2/c1-3-16(17(20)21-2)8-13-18-11-6-15(7-12-18)14-19-9-4-5-10-19/h8,15H,3-7,9-14H2,1-2H3. The van der Waals surface area contributed by atoms with Crippen molar-refractivity contribution in [2.45, 2.75) is 39.0 Å². The van der Waals surface area contributed by atoms with Gasteiger partial charge in [0.05, 0.1) is 7.11 Å². The molecule has 0 amide bonds. The predicted molar refractivity (Wildman–Crippen MR) is 85.2 cm³/mol. The molecule has 0 atom stereocenters. The van der Waals surface area contributed by atoms with Crippen molar-refractivity contribution < 1.29 is 9.53 Å². The Morgan fingerprint density at radius 1 is 1.14 bits per heavy atom. The minimum atomic E-state index is -0.179. The second-order valence-corrected chi connectivity index (χ2v) is 6.33. The maximum absolute atomic E-state index is 11.5. The number of likely N-dealkylation sites (tertiary alicyclic amines) is 2.